The summed E-state index contributed by atoms with van der Waals surface area (Å²) in [4.78, 5) is 22.4. The Kier molecular flexibility index (Phi) is 5.89. The van der Waals surface area contributed by atoms with Gasteiger partial charge in [-0.05, 0) is 19.9 Å². The number of hydrogen-bond acceptors (Lipinski definition) is 6. The average Bonchev–Trinajstić information content (AvgIpc) is 2.88. The van der Waals surface area contributed by atoms with Gasteiger partial charge in [0.15, 0.2) is 0 Å². The van der Waals surface area contributed by atoms with Crippen molar-refractivity contribution in [3.05, 3.63) is 30.0 Å². The molecule has 0 saturated heterocycles. The number of carbonyl (C=O) groups is 1. The Balaban J connectivity index is 2.34. The van der Waals surface area contributed by atoms with E-state index in [1.807, 2.05) is 6.92 Å². The number of anilines is 1. The number of pyridine rings is 1. The minimum absolute atomic E-state index is 0.207. The van der Waals surface area contributed by atoms with Crippen molar-refractivity contribution in [2.24, 2.45) is 5.92 Å². The number of amides is 1. The van der Waals surface area contributed by atoms with E-state index in [9.17, 15) is 17.6 Å². The standard InChI is InChI=1S/C16H20FN3O3S2/c1-5-20(15(21)10(2)9-25(4,22)23)16-11(3)19-14(24-16)12-6-13(17)8-18-7-12/h6-8,10H,5,9H2,1-4H3. The molecule has 2 aromatic rings. The van der Waals surface area contributed by atoms with Gasteiger partial charge in [-0.1, -0.05) is 18.3 Å². The molecule has 2 rings (SSSR count). The van der Waals surface area contributed by atoms with Crippen molar-refractivity contribution in [3.63, 3.8) is 0 Å². The van der Waals surface area contributed by atoms with Crippen molar-refractivity contribution in [1.82, 2.24) is 9.97 Å². The van der Waals surface area contributed by atoms with Gasteiger partial charge in [0.05, 0.1) is 17.6 Å². The molecule has 6 nitrogen and oxygen atoms in total. The first-order valence-electron chi connectivity index (χ1n) is 7.69. The summed E-state index contributed by atoms with van der Waals surface area (Å²) in [6, 6.07) is 1.33. The third kappa shape index (κ3) is 4.82. The Morgan fingerprint density at radius 3 is 2.64 bits per heavy atom. The van der Waals surface area contributed by atoms with E-state index in [0.717, 1.165) is 12.5 Å². The van der Waals surface area contributed by atoms with Crippen LogP contribution in [0, 0.1) is 18.7 Å². The number of carbonyl (C=O) groups excluding carboxylic acids is 1. The summed E-state index contributed by atoms with van der Waals surface area (Å²) in [6.45, 7) is 5.56. The molecular weight excluding hydrogens is 365 g/mol. The van der Waals surface area contributed by atoms with Crippen molar-refractivity contribution in [2.45, 2.75) is 20.8 Å². The van der Waals surface area contributed by atoms with E-state index in [0.29, 0.717) is 27.8 Å². The summed E-state index contributed by atoms with van der Waals surface area (Å²) in [5.41, 5.74) is 1.16. The smallest absolute Gasteiger partial charge is 0.231 e. The molecule has 136 valence electrons. The second-order valence-corrected chi connectivity index (χ2v) is 9.04. The molecule has 25 heavy (non-hydrogen) atoms. The van der Waals surface area contributed by atoms with E-state index in [1.54, 1.807) is 13.8 Å². The van der Waals surface area contributed by atoms with Crippen molar-refractivity contribution in [3.8, 4) is 10.6 Å². The Morgan fingerprint density at radius 2 is 2.08 bits per heavy atom. The van der Waals surface area contributed by atoms with Crippen LogP contribution in [0.5, 0.6) is 0 Å². The lowest BCUT2D eigenvalue weighted by Gasteiger charge is -2.23. The number of aromatic nitrogens is 2. The molecule has 0 aliphatic heterocycles. The number of nitrogens with zero attached hydrogens (tertiary/aromatic N) is 3. The van der Waals surface area contributed by atoms with Crippen LogP contribution in [-0.2, 0) is 14.6 Å². The summed E-state index contributed by atoms with van der Waals surface area (Å²) in [5, 5.41) is 1.19. The summed E-state index contributed by atoms with van der Waals surface area (Å²) >= 11 is 1.26. The van der Waals surface area contributed by atoms with Gasteiger partial charge in [-0.3, -0.25) is 9.78 Å². The quantitative estimate of drug-likeness (QED) is 0.764. The van der Waals surface area contributed by atoms with Crippen molar-refractivity contribution in [1.29, 1.82) is 0 Å². The van der Waals surface area contributed by atoms with Crippen LogP contribution in [0.15, 0.2) is 18.5 Å². The van der Waals surface area contributed by atoms with Crippen LogP contribution in [-0.4, -0.2) is 42.8 Å². The fourth-order valence-corrected chi connectivity index (χ4v) is 4.65. The topological polar surface area (TPSA) is 80.2 Å². The lowest BCUT2D eigenvalue weighted by atomic mass is 10.2. The van der Waals surface area contributed by atoms with E-state index >= 15 is 0 Å². The highest BCUT2D eigenvalue weighted by molar-refractivity contribution is 7.90. The zero-order chi connectivity index (χ0) is 18.8. The SMILES string of the molecule is CCN(C(=O)C(C)CS(C)(=O)=O)c1sc(-c2cncc(F)c2)nc1C. The van der Waals surface area contributed by atoms with E-state index in [-0.39, 0.29) is 11.7 Å². The van der Waals surface area contributed by atoms with Gasteiger partial charge >= 0.3 is 0 Å². The largest absolute Gasteiger partial charge is 0.302 e. The van der Waals surface area contributed by atoms with E-state index in [2.05, 4.69) is 9.97 Å². The van der Waals surface area contributed by atoms with Gasteiger partial charge in [-0.25, -0.2) is 17.8 Å². The fraction of sp³-hybridized carbons (Fsp3) is 0.438. The van der Waals surface area contributed by atoms with Gasteiger partial charge in [-0.2, -0.15) is 0 Å². The van der Waals surface area contributed by atoms with E-state index in [4.69, 9.17) is 0 Å². The molecule has 0 bridgehead atoms. The van der Waals surface area contributed by atoms with E-state index in [1.165, 1.54) is 28.5 Å². The predicted octanol–water partition coefficient (Wildman–Crippen LogP) is 2.69. The molecule has 0 fully saturated rings. The molecule has 2 aromatic heterocycles. The van der Waals surface area contributed by atoms with Crippen LogP contribution in [0.4, 0.5) is 9.39 Å². The fourth-order valence-electron chi connectivity index (χ4n) is 2.48. The molecule has 1 unspecified atom stereocenters. The van der Waals surface area contributed by atoms with Crippen LogP contribution >= 0.6 is 11.3 Å². The molecule has 0 radical (unpaired) electrons. The third-order valence-electron chi connectivity index (χ3n) is 3.53. The van der Waals surface area contributed by atoms with Crippen molar-refractivity contribution < 1.29 is 17.6 Å². The summed E-state index contributed by atoms with van der Waals surface area (Å²) < 4.78 is 36.3. The minimum Gasteiger partial charge on any atom is -0.302 e. The molecule has 0 saturated carbocycles. The Morgan fingerprint density at radius 1 is 1.40 bits per heavy atom. The lowest BCUT2D eigenvalue weighted by Crippen LogP contribution is -2.37. The van der Waals surface area contributed by atoms with Gasteiger partial charge < -0.3 is 4.90 Å². The number of sulfone groups is 1. The van der Waals surface area contributed by atoms with Gasteiger partial charge in [-0.15, -0.1) is 0 Å². The molecule has 9 heteroatoms. The molecule has 1 amide bonds. The first kappa shape index (κ1) is 19.5. The molecule has 0 aliphatic rings. The first-order chi connectivity index (χ1) is 11.6. The second kappa shape index (κ2) is 7.57. The van der Waals surface area contributed by atoms with Crippen LogP contribution in [0.2, 0.25) is 0 Å². The summed E-state index contributed by atoms with van der Waals surface area (Å²) in [5.74, 6) is -1.60. The highest BCUT2D eigenvalue weighted by Gasteiger charge is 2.27. The zero-order valence-corrected chi connectivity index (χ0v) is 16.1. The number of thiazole rings is 1. The highest BCUT2D eigenvalue weighted by atomic mass is 32.2. The molecular formula is C16H20FN3O3S2. The number of aryl methyl sites for hydroxylation is 1. The summed E-state index contributed by atoms with van der Waals surface area (Å²) in [7, 11) is -3.25. The number of hydrogen-bond donors (Lipinski definition) is 0. The van der Waals surface area contributed by atoms with Crippen molar-refractivity contribution in [2.75, 3.05) is 23.5 Å². The Labute approximate surface area is 150 Å². The monoisotopic (exact) mass is 385 g/mol. The van der Waals surface area contributed by atoms with Gasteiger partial charge in [0, 0.05) is 30.5 Å². The molecule has 0 N–H and O–H groups in total. The van der Waals surface area contributed by atoms with Gasteiger partial charge in [0.25, 0.3) is 0 Å². The maximum absolute atomic E-state index is 13.4. The van der Waals surface area contributed by atoms with Crippen molar-refractivity contribution >= 4 is 32.1 Å². The zero-order valence-electron chi connectivity index (χ0n) is 14.5. The third-order valence-corrected chi connectivity index (χ3v) is 5.86. The van der Waals surface area contributed by atoms with Crippen LogP contribution in [0.25, 0.3) is 10.6 Å². The first-order valence-corrected chi connectivity index (χ1v) is 10.6. The highest BCUT2D eigenvalue weighted by Crippen LogP contribution is 2.35. The molecule has 0 aliphatic carbocycles. The molecule has 0 spiro atoms. The Bertz CT molecular complexity index is 881. The molecule has 2 heterocycles. The Hall–Kier alpha value is -1.87. The van der Waals surface area contributed by atoms with E-state index < -0.39 is 21.6 Å². The molecule has 0 aromatic carbocycles. The van der Waals surface area contributed by atoms with Crippen LogP contribution in [0.1, 0.15) is 19.5 Å². The number of halogens is 1. The minimum atomic E-state index is -3.25. The van der Waals surface area contributed by atoms with Gasteiger partial charge in [0.2, 0.25) is 5.91 Å². The molecule has 1 atom stereocenters. The predicted molar refractivity (Wildman–Crippen MR) is 96.9 cm³/mol. The maximum atomic E-state index is 13.4. The normalized spacial score (nSPS) is 12.8. The lowest BCUT2D eigenvalue weighted by molar-refractivity contribution is -0.121. The second-order valence-electron chi connectivity index (χ2n) is 5.88. The van der Waals surface area contributed by atoms with Gasteiger partial charge in [0.1, 0.15) is 25.7 Å². The van der Waals surface area contributed by atoms with Crippen LogP contribution < -0.4 is 4.90 Å². The summed E-state index contributed by atoms with van der Waals surface area (Å²) in [6.07, 6.45) is 3.73. The van der Waals surface area contributed by atoms with Crippen LogP contribution in [0.3, 0.4) is 0 Å². The average molecular weight is 385 g/mol. The maximum Gasteiger partial charge on any atom is 0.231 e. The number of rotatable bonds is 6.